The molecule has 3 aromatic rings. The van der Waals surface area contributed by atoms with Crippen LogP contribution in [0.4, 0.5) is 5.69 Å². The molecule has 110 valence electrons. The summed E-state index contributed by atoms with van der Waals surface area (Å²) in [6, 6.07) is 8.15. The lowest BCUT2D eigenvalue weighted by molar-refractivity contribution is -0.384. The predicted octanol–water partition coefficient (Wildman–Crippen LogP) is 2.64. The highest BCUT2D eigenvalue weighted by Crippen LogP contribution is 2.28. The molecular formula is C14H11N5O3. The predicted molar refractivity (Wildman–Crippen MR) is 78.5 cm³/mol. The maximum atomic E-state index is 10.9. The zero-order chi connectivity index (χ0) is 15.5. The van der Waals surface area contributed by atoms with Gasteiger partial charge in [-0.1, -0.05) is 6.07 Å². The van der Waals surface area contributed by atoms with Gasteiger partial charge in [0, 0.05) is 17.7 Å². The third-order valence-electron chi connectivity index (χ3n) is 3.05. The minimum atomic E-state index is -0.430. The zero-order valence-corrected chi connectivity index (χ0v) is 11.6. The van der Waals surface area contributed by atoms with Gasteiger partial charge in [-0.25, -0.2) is 4.68 Å². The lowest BCUT2D eigenvalue weighted by atomic mass is 10.1. The highest BCUT2D eigenvalue weighted by atomic mass is 16.6. The van der Waals surface area contributed by atoms with E-state index >= 15 is 0 Å². The molecule has 0 aliphatic rings. The molecule has 1 aromatic carbocycles. The molecule has 0 aliphatic carbocycles. The van der Waals surface area contributed by atoms with E-state index in [9.17, 15) is 10.1 Å². The van der Waals surface area contributed by atoms with Gasteiger partial charge in [0.25, 0.3) is 5.69 Å². The van der Waals surface area contributed by atoms with Crippen molar-refractivity contribution in [2.75, 3.05) is 0 Å². The van der Waals surface area contributed by atoms with Gasteiger partial charge >= 0.3 is 0 Å². The summed E-state index contributed by atoms with van der Waals surface area (Å²) in [6.45, 7) is 1.87. The van der Waals surface area contributed by atoms with E-state index in [4.69, 9.17) is 4.42 Å². The molecule has 0 N–H and O–H groups in total. The third-order valence-corrected chi connectivity index (χ3v) is 3.05. The number of nitro groups is 1. The number of hydrogen-bond acceptors (Lipinski definition) is 6. The second-order valence-corrected chi connectivity index (χ2v) is 4.54. The summed E-state index contributed by atoms with van der Waals surface area (Å²) in [6.07, 6.45) is 4.41. The second kappa shape index (κ2) is 5.60. The van der Waals surface area contributed by atoms with E-state index in [1.54, 1.807) is 18.2 Å². The van der Waals surface area contributed by atoms with Crippen molar-refractivity contribution in [2.24, 2.45) is 5.10 Å². The smallest absolute Gasteiger partial charge is 0.270 e. The number of furan rings is 1. The Hall–Kier alpha value is -3.29. The molecule has 0 atom stereocenters. The van der Waals surface area contributed by atoms with Gasteiger partial charge in [0.1, 0.15) is 24.2 Å². The van der Waals surface area contributed by atoms with E-state index in [0.29, 0.717) is 17.1 Å². The molecule has 0 aliphatic heterocycles. The van der Waals surface area contributed by atoms with Crippen LogP contribution in [0.5, 0.6) is 0 Å². The maximum Gasteiger partial charge on any atom is 0.270 e. The molecule has 0 saturated carbocycles. The molecule has 2 heterocycles. The molecule has 22 heavy (non-hydrogen) atoms. The van der Waals surface area contributed by atoms with Crippen molar-refractivity contribution in [2.45, 2.75) is 6.92 Å². The first-order chi connectivity index (χ1) is 10.6. The van der Waals surface area contributed by atoms with Crippen molar-refractivity contribution in [1.82, 2.24) is 14.9 Å². The first-order valence-corrected chi connectivity index (χ1v) is 6.38. The Morgan fingerprint density at radius 2 is 2.05 bits per heavy atom. The topological polar surface area (TPSA) is 99.3 Å². The Balaban J connectivity index is 1.90. The van der Waals surface area contributed by atoms with Crippen molar-refractivity contribution in [1.29, 1.82) is 0 Å². The molecule has 0 unspecified atom stereocenters. The minimum Gasteiger partial charge on any atom is -0.455 e. The number of nitrogens with zero attached hydrogens (tertiary/aromatic N) is 5. The van der Waals surface area contributed by atoms with Crippen molar-refractivity contribution < 1.29 is 9.34 Å². The van der Waals surface area contributed by atoms with Crippen LogP contribution >= 0.6 is 0 Å². The van der Waals surface area contributed by atoms with Gasteiger partial charge < -0.3 is 4.42 Å². The average Bonchev–Trinajstić information content (AvgIpc) is 3.17. The van der Waals surface area contributed by atoms with Gasteiger partial charge in [0.15, 0.2) is 0 Å². The van der Waals surface area contributed by atoms with Gasteiger partial charge in [-0.05, 0) is 24.6 Å². The molecule has 0 saturated heterocycles. The van der Waals surface area contributed by atoms with E-state index in [-0.39, 0.29) is 5.69 Å². The third kappa shape index (κ3) is 2.75. The minimum absolute atomic E-state index is 0.0247. The Morgan fingerprint density at radius 1 is 1.27 bits per heavy atom. The Labute approximate surface area is 124 Å². The first-order valence-electron chi connectivity index (χ1n) is 6.38. The molecule has 0 amide bonds. The Kier molecular flexibility index (Phi) is 3.48. The van der Waals surface area contributed by atoms with E-state index in [1.165, 1.54) is 35.7 Å². The number of benzene rings is 1. The average molecular weight is 297 g/mol. The molecule has 0 bridgehead atoms. The first kappa shape index (κ1) is 13.7. The highest BCUT2D eigenvalue weighted by Gasteiger charge is 2.12. The summed E-state index contributed by atoms with van der Waals surface area (Å²) in [5.74, 6) is 1.07. The van der Waals surface area contributed by atoms with Crippen molar-refractivity contribution in [3.63, 3.8) is 0 Å². The fourth-order valence-corrected chi connectivity index (χ4v) is 1.93. The van der Waals surface area contributed by atoms with E-state index in [2.05, 4.69) is 15.3 Å². The largest absolute Gasteiger partial charge is 0.455 e. The number of non-ortho nitro benzene ring substituents is 1. The number of aryl methyl sites for hydroxylation is 1. The summed E-state index contributed by atoms with van der Waals surface area (Å²) >= 11 is 0. The second-order valence-electron chi connectivity index (χ2n) is 4.54. The lowest BCUT2D eigenvalue weighted by Gasteiger charge is -2.02. The van der Waals surface area contributed by atoms with Gasteiger partial charge in [0.2, 0.25) is 0 Å². The number of nitro benzene ring substituents is 1. The molecule has 0 radical (unpaired) electrons. The normalized spacial score (nSPS) is 11.1. The highest BCUT2D eigenvalue weighted by molar-refractivity contribution is 5.77. The number of hydrogen-bond donors (Lipinski definition) is 0. The molecule has 8 heteroatoms. The fourth-order valence-electron chi connectivity index (χ4n) is 1.93. The van der Waals surface area contributed by atoms with Crippen LogP contribution in [0.25, 0.3) is 11.3 Å². The fraction of sp³-hybridized carbons (Fsp3) is 0.0714. The SMILES string of the molecule is Cc1ccc([N+](=O)[O-])cc1-c1ccc(C=Nn2cnnc2)o1. The van der Waals surface area contributed by atoms with Gasteiger partial charge in [-0.2, -0.15) is 5.10 Å². The van der Waals surface area contributed by atoms with Crippen LogP contribution in [0, 0.1) is 17.0 Å². The molecular weight excluding hydrogens is 286 g/mol. The molecule has 8 nitrogen and oxygen atoms in total. The summed E-state index contributed by atoms with van der Waals surface area (Å²) < 4.78 is 7.09. The van der Waals surface area contributed by atoms with Crippen LogP contribution in [0.2, 0.25) is 0 Å². The summed E-state index contributed by atoms with van der Waals surface area (Å²) in [7, 11) is 0. The zero-order valence-electron chi connectivity index (χ0n) is 11.6. The van der Waals surface area contributed by atoms with E-state index < -0.39 is 4.92 Å². The lowest BCUT2D eigenvalue weighted by Crippen LogP contribution is -1.90. The van der Waals surface area contributed by atoms with Crippen LogP contribution in [0.15, 0.2) is 52.5 Å². The van der Waals surface area contributed by atoms with Crippen molar-refractivity contribution in [3.05, 3.63) is 64.4 Å². The number of aromatic nitrogens is 3. The van der Waals surface area contributed by atoms with E-state index in [0.717, 1.165) is 5.56 Å². The van der Waals surface area contributed by atoms with Crippen LogP contribution in [0.1, 0.15) is 11.3 Å². The molecule has 0 fully saturated rings. The van der Waals surface area contributed by atoms with Gasteiger partial charge in [-0.15, -0.1) is 10.2 Å². The van der Waals surface area contributed by atoms with Crippen molar-refractivity contribution >= 4 is 11.9 Å². The van der Waals surface area contributed by atoms with Crippen LogP contribution in [-0.2, 0) is 0 Å². The summed E-state index contributed by atoms with van der Waals surface area (Å²) in [5, 5.41) is 22.2. The monoisotopic (exact) mass is 297 g/mol. The van der Waals surface area contributed by atoms with Crippen molar-refractivity contribution in [3.8, 4) is 11.3 Å². The number of rotatable bonds is 4. The molecule has 0 spiro atoms. The van der Waals surface area contributed by atoms with E-state index in [1.807, 2.05) is 6.92 Å². The Bertz CT molecular complexity index is 836. The van der Waals surface area contributed by atoms with Gasteiger partial charge in [-0.3, -0.25) is 10.1 Å². The standard InChI is InChI=1S/C14H11N5O3/c1-10-2-3-11(19(20)21)6-13(10)14-5-4-12(22-14)7-17-18-8-15-16-9-18/h2-9H,1H3. The Morgan fingerprint density at radius 3 is 2.77 bits per heavy atom. The molecule has 3 rings (SSSR count). The quantitative estimate of drug-likeness (QED) is 0.418. The van der Waals surface area contributed by atoms with Crippen LogP contribution < -0.4 is 0 Å². The summed E-state index contributed by atoms with van der Waals surface area (Å²) in [4.78, 5) is 10.4. The maximum absolute atomic E-state index is 10.9. The molecule has 2 aromatic heterocycles. The van der Waals surface area contributed by atoms with Gasteiger partial charge in [0.05, 0.1) is 11.1 Å². The van der Waals surface area contributed by atoms with Crippen LogP contribution in [0.3, 0.4) is 0 Å². The van der Waals surface area contributed by atoms with Crippen LogP contribution in [-0.4, -0.2) is 26.0 Å². The summed E-state index contributed by atoms with van der Waals surface area (Å²) in [5.41, 5.74) is 1.59.